The van der Waals surface area contributed by atoms with Gasteiger partial charge in [-0.1, -0.05) is 0 Å². The van der Waals surface area contributed by atoms with Crippen molar-refractivity contribution in [2.75, 3.05) is 26.8 Å². The lowest BCUT2D eigenvalue weighted by atomic mass is 10.3. The highest BCUT2D eigenvalue weighted by atomic mass is 19.4. The molecule has 0 aliphatic carbocycles. The molecule has 0 spiro atoms. The maximum Gasteiger partial charge on any atom is 0.411 e. The topological polar surface area (TPSA) is 53.3 Å². The van der Waals surface area contributed by atoms with Crippen molar-refractivity contribution in [3.63, 3.8) is 0 Å². The van der Waals surface area contributed by atoms with Crippen molar-refractivity contribution < 1.29 is 22.7 Å². The molecule has 0 aromatic heterocycles. The van der Waals surface area contributed by atoms with Gasteiger partial charge in [0.2, 0.25) is 5.91 Å². The molecule has 0 aliphatic heterocycles. The van der Waals surface area contributed by atoms with Gasteiger partial charge in [-0.05, 0) is 0 Å². The Balaban J connectivity index is 3.62. The Hall–Kier alpha value is -1.29. The molecule has 7 heteroatoms. The van der Waals surface area contributed by atoms with E-state index in [2.05, 4.69) is 4.74 Å². The van der Waals surface area contributed by atoms with Crippen molar-refractivity contribution >= 4 is 5.91 Å². The molecular formula is C9H13F3N2O2. The van der Waals surface area contributed by atoms with Gasteiger partial charge in [0.25, 0.3) is 0 Å². The van der Waals surface area contributed by atoms with Crippen LogP contribution in [0.15, 0.2) is 0 Å². The van der Waals surface area contributed by atoms with Crippen LogP contribution in [0.4, 0.5) is 13.2 Å². The van der Waals surface area contributed by atoms with Crippen molar-refractivity contribution in [1.82, 2.24) is 4.90 Å². The summed E-state index contributed by atoms with van der Waals surface area (Å²) in [5, 5.41) is 8.26. The monoisotopic (exact) mass is 238 g/mol. The van der Waals surface area contributed by atoms with Gasteiger partial charge >= 0.3 is 6.18 Å². The molecule has 92 valence electrons. The van der Waals surface area contributed by atoms with Crippen molar-refractivity contribution in [3.05, 3.63) is 0 Å². The summed E-state index contributed by atoms with van der Waals surface area (Å²) in [5.74, 6) is -0.336. The Labute approximate surface area is 91.6 Å². The second-order valence-corrected chi connectivity index (χ2v) is 3.14. The Morgan fingerprint density at radius 3 is 2.62 bits per heavy atom. The lowest BCUT2D eigenvalue weighted by molar-refractivity contribution is -0.175. The molecule has 0 fully saturated rings. The molecule has 0 aromatic rings. The number of rotatable bonds is 6. The molecule has 4 nitrogen and oxygen atoms in total. The molecule has 0 heterocycles. The van der Waals surface area contributed by atoms with Gasteiger partial charge in [-0.25, -0.2) is 0 Å². The Morgan fingerprint density at radius 1 is 1.50 bits per heavy atom. The molecule has 0 atom stereocenters. The van der Waals surface area contributed by atoms with Crippen molar-refractivity contribution in [2.24, 2.45) is 0 Å². The van der Waals surface area contributed by atoms with Gasteiger partial charge in [-0.15, -0.1) is 0 Å². The normalized spacial score (nSPS) is 10.9. The summed E-state index contributed by atoms with van der Waals surface area (Å²) in [7, 11) is 1.49. The first-order chi connectivity index (χ1) is 7.37. The van der Waals surface area contributed by atoms with Crippen LogP contribution in [0.25, 0.3) is 0 Å². The van der Waals surface area contributed by atoms with Gasteiger partial charge in [0.05, 0.1) is 25.5 Å². The van der Waals surface area contributed by atoms with Gasteiger partial charge in [0.15, 0.2) is 0 Å². The third-order valence-electron chi connectivity index (χ3n) is 1.71. The van der Waals surface area contributed by atoms with E-state index >= 15 is 0 Å². The predicted octanol–water partition coefficient (Wildman–Crippen LogP) is 1.33. The predicted molar refractivity (Wildman–Crippen MR) is 49.4 cm³/mol. The van der Waals surface area contributed by atoms with Gasteiger partial charge in [-0.3, -0.25) is 4.79 Å². The highest BCUT2D eigenvalue weighted by molar-refractivity contribution is 5.75. The minimum Gasteiger partial charge on any atom is -0.372 e. The fourth-order valence-electron chi connectivity index (χ4n) is 0.881. The van der Waals surface area contributed by atoms with E-state index in [1.54, 1.807) is 0 Å². The van der Waals surface area contributed by atoms with E-state index in [9.17, 15) is 18.0 Å². The summed E-state index contributed by atoms with van der Waals surface area (Å²) < 4.78 is 39.2. The SMILES string of the molecule is CN(CCC#N)C(=O)CCOCC(F)(F)F. The van der Waals surface area contributed by atoms with Gasteiger partial charge in [-0.2, -0.15) is 18.4 Å². The number of nitriles is 1. The largest absolute Gasteiger partial charge is 0.411 e. The number of ether oxygens (including phenoxy) is 1. The number of carbonyl (C=O) groups is 1. The number of carbonyl (C=O) groups excluding carboxylic acids is 1. The molecule has 0 saturated carbocycles. The zero-order chi connectivity index (χ0) is 12.6. The number of hydrogen-bond donors (Lipinski definition) is 0. The van der Waals surface area contributed by atoms with Crippen LogP contribution in [-0.4, -0.2) is 43.8 Å². The Bertz CT molecular complexity index is 260. The summed E-state index contributed by atoms with van der Waals surface area (Å²) in [6, 6.07) is 1.87. The number of halogens is 3. The fourth-order valence-corrected chi connectivity index (χ4v) is 0.881. The van der Waals surface area contributed by atoms with Crippen LogP contribution in [0.5, 0.6) is 0 Å². The van der Waals surface area contributed by atoms with E-state index in [0.29, 0.717) is 0 Å². The molecule has 0 radical (unpaired) electrons. The zero-order valence-electron chi connectivity index (χ0n) is 8.88. The van der Waals surface area contributed by atoms with E-state index in [1.807, 2.05) is 6.07 Å². The molecule has 0 rings (SSSR count). The van der Waals surface area contributed by atoms with Crippen LogP contribution < -0.4 is 0 Å². The molecule has 0 aliphatic rings. The van der Waals surface area contributed by atoms with Crippen molar-refractivity contribution in [3.8, 4) is 6.07 Å². The Morgan fingerprint density at radius 2 is 2.12 bits per heavy atom. The van der Waals surface area contributed by atoms with Crippen LogP contribution >= 0.6 is 0 Å². The molecular weight excluding hydrogens is 225 g/mol. The summed E-state index contributed by atoms with van der Waals surface area (Å²) >= 11 is 0. The molecule has 0 aromatic carbocycles. The lowest BCUT2D eigenvalue weighted by Crippen LogP contribution is -2.29. The van der Waals surface area contributed by atoms with E-state index < -0.39 is 12.8 Å². The highest BCUT2D eigenvalue weighted by Gasteiger charge is 2.27. The van der Waals surface area contributed by atoms with E-state index in [-0.39, 0.29) is 31.9 Å². The van der Waals surface area contributed by atoms with E-state index in [1.165, 1.54) is 11.9 Å². The fraction of sp³-hybridized carbons (Fsp3) is 0.778. The van der Waals surface area contributed by atoms with Crippen molar-refractivity contribution in [2.45, 2.75) is 19.0 Å². The molecule has 0 unspecified atom stereocenters. The van der Waals surface area contributed by atoms with E-state index in [0.717, 1.165) is 0 Å². The van der Waals surface area contributed by atoms with Crippen LogP contribution in [-0.2, 0) is 9.53 Å². The molecule has 0 bridgehead atoms. The smallest absolute Gasteiger partial charge is 0.372 e. The zero-order valence-corrected chi connectivity index (χ0v) is 8.88. The maximum atomic E-state index is 11.6. The average molecular weight is 238 g/mol. The third kappa shape index (κ3) is 8.05. The summed E-state index contributed by atoms with van der Waals surface area (Å²) in [4.78, 5) is 12.5. The second-order valence-electron chi connectivity index (χ2n) is 3.14. The molecule has 1 amide bonds. The Kier molecular flexibility index (Phi) is 6.49. The third-order valence-corrected chi connectivity index (χ3v) is 1.71. The van der Waals surface area contributed by atoms with Gasteiger partial charge in [0.1, 0.15) is 6.61 Å². The molecule has 0 N–H and O–H groups in total. The minimum atomic E-state index is -4.37. The minimum absolute atomic E-state index is 0.113. The number of nitrogens with zero attached hydrogens (tertiary/aromatic N) is 2. The number of amides is 1. The summed E-state index contributed by atoms with van der Waals surface area (Å²) in [6.45, 7) is -1.34. The first-order valence-electron chi connectivity index (χ1n) is 4.62. The van der Waals surface area contributed by atoms with Crippen LogP contribution in [0.2, 0.25) is 0 Å². The number of hydrogen-bond acceptors (Lipinski definition) is 3. The van der Waals surface area contributed by atoms with E-state index in [4.69, 9.17) is 5.26 Å². The summed E-state index contributed by atoms with van der Waals surface area (Å²) in [6.07, 6.45) is -4.28. The first kappa shape index (κ1) is 14.7. The quantitative estimate of drug-likeness (QED) is 0.656. The first-order valence-corrected chi connectivity index (χ1v) is 4.62. The average Bonchev–Trinajstić information content (AvgIpc) is 2.19. The highest BCUT2D eigenvalue weighted by Crippen LogP contribution is 2.14. The standard InChI is InChI=1S/C9H13F3N2O2/c1-14(5-2-4-13)8(15)3-6-16-7-9(10,11)12/h2-3,5-7H2,1H3. The second kappa shape index (κ2) is 7.06. The van der Waals surface area contributed by atoms with Crippen LogP contribution in [0, 0.1) is 11.3 Å². The van der Waals surface area contributed by atoms with Gasteiger partial charge < -0.3 is 9.64 Å². The summed E-state index contributed by atoms with van der Waals surface area (Å²) in [5.41, 5.74) is 0. The number of alkyl halides is 3. The van der Waals surface area contributed by atoms with Crippen LogP contribution in [0.1, 0.15) is 12.8 Å². The maximum absolute atomic E-state index is 11.6. The van der Waals surface area contributed by atoms with Crippen molar-refractivity contribution in [1.29, 1.82) is 5.26 Å². The van der Waals surface area contributed by atoms with Crippen LogP contribution in [0.3, 0.4) is 0 Å². The lowest BCUT2D eigenvalue weighted by Gasteiger charge is -2.15. The molecule has 16 heavy (non-hydrogen) atoms. The van der Waals surface area contributed by atoms with Gasteiger partial charge in [0, 0.05) is 13.6 Å². The molecule has 0 saturated heterocycles.